The number of hydrogen-bond acceptors (Lipinski definition) is 4. The van der Waals surface area contributed by atoms with Gasteiger partial charge in [0.1, 0.15) is 12.1 Å². The van der Waals surface area contributed by atoms with Crippen LogP contribution in [0.15, 0.2) is 25.0 Å². The first-order chi connectivity index (χ1) is 7.70. The lowest BCUT2D eigenvalue weighted by Gasteiger charge is -2.14. The molecule has 2 heterocycles. The Labute approximate surface area is 94.2 Å². The minimum atomic E-state index is 0.312. The van der Waals surface area contributed by atoms with Crippen molar-refractivity contribution in [1.82, 2.24) is 19.6 Å². The van der Waals surface area contributed by atoms with E-state index in [0.717, 1.165) is 17.9 Å². The number of rotatable bonds is 4. The molecule has 5 heteroatoms. The van der Waals surface area contributed by atoms with Crippen molar-refractivity contribution in [2.45, 2.75) is 26.3 Å². The van der Waals surface area contributed by atoms with Crippen molar-refractivity contribution in [2.24, 2.45) is 0 Å². The van der Waals surface area contributed by atoms with Gasteiger partial charge in [0, 0.05) is 17.8 Å². The lowest BCUT2D eigenvalue weighted by atomic mass is 10.2. The van der Waals surface area contributed by atoms with Gasteiger partial charge in [-0.2, -0.15) is 14.6 Å². The fraction of sp³-hybridized carbons (Fsp3) is 0.364. The zero-order valence-electron chi connectivity index (χ0n) is 9.51. The molecule has 0 bridgehead atoms. The Bertz CT molecular complexity index is 502. The quantitative estimate of drug-likeness (QED) is 0.793. The van der Waals surface area contributed by atoms with Crippen molar-refractivity contribution in [3.8, 4) is 0 Å². The molecule has 2 rings (SSSR count). The number of aryl methyl sites for hydroxylation is 1. The van der Waals surface area contributed by atoms with Gasteiger partial charge in [-0.1, -0.05) is 6.08 Å². The molecule has 0 saturated heterocycles. The second-order valence-corrected chi connectivity index (χ2v) is 3.82. The third-order valence-electron chi connectivity index (χ3n) is 2.29. The molecule has 84 valence electrons. The minimum absolute atomic E-state index is 0.312. The molecule has 16 heavy (non-hydrogen) atoms. The maximum atomic E-state index is 4.28. The molecule has 1 atom stereocenters. The second kappa shape index (κ2) is 4.30. The summed E-state index contributed by atoms with van der Waals surface area (Å²) in [6.45, 7) is 7.76. The van der Waals surface area contributed by atoms with Crippen LogP contribution in [0.5, 0.6) is 0 Å². The summed E-state index contributed by atoms with van der Waals surface area (Å²) in [6.07, 6.45) is 4.30. The van der Waals surface area contributed by atoms with Crippen molar-refractivity contribution in [3.63, 3.8) is 0 Å². The van der Waals surface area contributed by atoms with E-state index >= 15 is 0 Å². The maximum Gasteiger partial charge on any atom is 0.254 e. The van der Waals surface area contributed by atoms with Gasteiger partial charge in [0.05, 0.1) is 0 Å². The first-order valence-corrected chi connectivity index (χ1v) is 5.25. The summed E-state index contributed by atoms with van der Waals surface area (Å²) in [5.74, 6) is 1.53. The topological polar surface area (TPSA) is 55.1 Å². The predicted octanol–water partition coefficient (Wildman–Crippen LogP) is 1.81. The third-order valence-corrected chi connectivity index (χ3v) is 2.29. The first-order valence-electron chi connectivity index (χ1n) is 5.25. The van der Waals surface area contributed by atoms with Crippen LogP contribution < -0.4 is 5.32 Å². The van der Waals surface area contributed by atoms with Gasteiger partial charge in [-0.25, -0.2) is 4.98 Å². The highest BCUT2D eigenvalue weighted by Gasteiger charge is 2.07. The Kier molecular flexibility index (Phi) is 2.85. The van der Waals surface area contributed by atoms with Gasteiger partial charge >= 0.3 is 0 Å². The molecule has 0 spiro atoms. The highest BCUT2D eigenvalue weighted by Crippen LogP contribution is 2.12. The van der Waals surface area contributed by atoms with E-state index in [4.69, 9.17) is 0 Å². The molecule has 1 N–H and O–H groups in total. The van der Waals surface area contributed by atoms with E-state index in [-0.39, 0.29) is 0 Å². The largest absolute Gasteiger partial charge is 0.367 e. The van der Waals surface area contributed by atoms with E-state index in [2.05, 4.69) is 33.9 Å². The molecule has 5 nitrogen and oxygen atoms in total. The van der Waals surface area contributed by atoms with Crippen LogP contribution in [0.2, 0.25) is 0 Å². The summed E-state index contributed by atoms with van der Waals surface area (Å²) in [5.41, 5.74) is 0.925. The normalized spacial score (nSPS) is 12.6. The smallest absolute Gasteiger partial charge is 0.254 e. The molecule has 1 unspecified atom stereocenters. The van der Waals surface area contributed by atoms with Gasteiger partial charge in [-0.15, -0.1) is 6.58 Å². The minimum Gasteiger partial charge on any atom is -0.367 e. The number of hydrogen-bond donors (Lipinski definition) is 1. The van der Waals surface area contributed by atoms with Crippen LogP contribution >= 0.6 is 0 Å². The number of nitrogens with zero attached hydrogens (tertiary/aromatic N) is 4. The number of aromatic nitrogens is 4. The number of fused-ring (bicyclic) bond motifs is 1. The van der Waals surface area contributed by atoms with Crippen molar-refractivity contribution in [1.29, 1.82) is 0 Å². The van der Waals surface area contributed by atoms with Crippen LogP contribution in [0.3, 0.4) is 0 Å². The second-order valence-electron chi connectivity index (χ2n) is 3.82. The van der Waals surface area contributed by atoms with Crippen LogP contribution in [-0.2, 0) is 0 Å². The van der Waals surface area contributed by atoms with Gasteiger partial charge in [0.2, 0.25) is 0 Å². The lowest BCUT2D eigenvalue weighted by molar-refractivity contribution is 0.789. The Morgan fingerprint density at radius 1 is 1.62 bits per heavy atom. The summed E-state index contributed by atoms with van der Waals surface area (Å²) >= 11 is 0. The van der Waals surface area contributed by atoms with Crippen molar-refractivity contribution in [3.05, 3.63) is 30.7 Å². The molecule has 2 aromatic heterocycles. The van der Waals surface area contributed by atoms with E-state index in [1.165, 1.54) is 6.33 Å². The molecule has 0 amide bonds. The standard InChI is InChI=1S/C11H15N5/c1-4-5-8(2)14-10-6-9(3)15-11-12-7-13-16(10)11/h4,6-8,14H,1,5H2,2-3H3. The van der Waals surface area contributed by atoms with Gasteiger partial charge in [0.25, 0.3) is 5.78 Å². The van der Waals surface area contributed by atoms with Gasteiger partial charge in [-0.3, -0.25) is 0 Å². The van der Waals surface area contributed by atoms with Gasteiger partial charge in [-0.05, 0) is 20.3 Å². The third kappa shape index (κ3) is 2.03. The summed E-state index contributed by atoms with van der Waals surface area (Å²) in [4.78, 5) is 8.35. The van der Waals surface area contributed by atoms with E-state index in [0.29, 0.717) is 11.8 Å². The Morgan fingerprint density at radius 2 is 2.44 bits per heavy atom. The summed E-state index contributed by atoms with van der Waals surface area (Å²) < 4.78 is 1.70. The zero-order valence-corrected chi connectivity index (χ0v) is 9.51. The highest BCUT2D eigenvalue weighted by atomic mass is 15.4. The monoisotopic (exact) mass is 217 g/mol. The van der Waals surface area contributed by atoms with Crippen molar-refractivity contribution in [2.75, 3.05) is 5.32 Å². The predicted molar refractivity (Wildman–Crippen MR) is 63.4 cm³/mol. The molecule has 0 aromatic carbocycles. The van der Waals surface area contributed by atoms with E-state index in [9.17, 15) is 0 Å². The first kappa shape index (κ1) is 10.6. The SMILES string of the molecule is C=CCC(C)Nc1cc(C)nc2ncnn12. The summed E-state index contributed by atoms with van der Waals surface area (Å²) in [7, 11) is 0. The molecular formula is C11H15N5. The van der Waals surface area contributed by atoms with Crippen LogP contribution in [0.4, 0.5) is 5.82 Å². The average Bonchev–Trinajstić information content (AvgIpc) is 2.65. The lowest BCUT2D eigenvalue weighted by Crippen LogP contribution is -2.17. The van der Waals surface area contributed by atoms with Crippen LogP contribution in [0, 0.1) is 6.92 Å². The van der Waals surface area contributed by atoms with Crippen LogP contribution in [0.1, 0.15) is 19.0 Å². The van der Waals surface area contributed by atoms with Crippen LogP contribution in [-0.4, -0.2) is 25.6 Å². The fourth-order valence-electron chi connectivity index (χ4n) is 1.59. The molecule has 2 aromatic rings. The number of anilines is 1. The Morgan fingerprint density at radius 3 is 3.19 bits per heavy atom. The molecule has 0 fully saturated rings. The van der Waals surface area contributed by atoms with Crippen LogP contribution in [0.25, 0.3) is 5.78 Å². The molecule has 0 aliphatic heterocycles. The summed E-state index contributed by atoms with van der Waals surface area (Å²) in [5, 5.41) is 7.49. The zero-order chi connectivity index (χ0) is 11.5. The molecule has 0 aliphatic carbocycles. The van der Waals surface area contributed by atoms with E-state index in [1.54, 1.807) is 4.52 Å². The number of nitrogens with one attached hydrogen (secondary N) is 1. The maximum absolute atomic E-state index is 4.28. The van der Waals surface area contributed by atoms with Crippen molar-refractivity contribution >= 4 is 11.6 Å². The van der Waals surface area contributed by atoms with E-state index in [1.807, 2.05) is 19.1 Å². The van der Waals surface area contributed by atoms with Crippen molar-refractivity contribution < 1.29 is 0 Å². The highest BCUT2D eigenvalue weighted by molar-refractivity contribution is 5.45. The molecule has 0 aliphatic rings. The van der Waals surface area contributed by atoms with Gasteiger partial charge in [0.15, 0.2) is 0 Å². The summed E-state index contributed by atoms with van der Waals surface area (Å²) in [6, 6.07) is 2.27. The van der Waals surface area contributed by atoms with E-state index < -0.39 is 0 Å². The molecule has 0 saturated carbocycles. The fourth-order valence-corrected chi connectivity index (χ4v) is 1.59. The molecular weight excluding hydrogens is 202 g/mol. The Balaban J connectivity index is 2.35. The van der Waals surface area contributed by atoms with Gasteiger partial charge < -0.3 is 5.32 Å². The Hall–Kier alpha value is -1.91. The molecule has 0 radical (unpaired) electrons. The average molecular weight is 217 g/mol.